The monoisotopic (exact) mass is 785 g/mol. The second kappa shape index (κ2) is 17.4. The third-order valence-corrected chi connectivity index (χ3v) is 11.5. The van der Waals surface area contributed by atoms with Crippen LogP contribution in [0.25, 0.3) is 0 Å². The molecule has 10 nitrogen and oxygen atoms in total. The number of alkyl halides is 1. The molecule has 2 bridgehead atoms. The van der Waals surface area contributed by atoms with Crippen LogP contribution in [-0.4, -0.2) is 92.4 Å². The number of ether oxygens (including phenoxy) is 2. The zero-order valence-corrected chi connectivity index (χ0v) is 33.5. The van der Waals surface area contributed by atoms with E-state index in [9.17, 15) is 19.5 Å². The van der Waals surface area contributed by atoms with E-state index in [0.29, 0.717) is 50.8 Å². The van der Waals surface area contributed by atoms with E-state index in [1.165, 1.54) is 0 Å². The van der Waals surface area contributed by atoms with Crippen LogP contribution in [0.4, 0.5) is 0 Å². The molecule has 4 rings (SSSR count). The fourth-order valence-electron chi connectivity index (χ4n) is 8.91. The second-order valence-electron chi connectivity index (χ2n) is 16.6. The van der Waals surface area contributed by atoms with Gasteiger partial charge in [-0.05, 0) is 63.9 Å². The Hall–Kier alpha value is -3.02. The molecule has 1 spiro atoms. The molecule has 0 radical (unpaired) electrons. The molecule has 3 saturated heterocycles. The molecule has 3 aliphatic heterocycles. The molecule has 1 aromatic carbocycles. The Morgan fingerprint density at radius 1 is 1.12 bits per heavy atom. The van der Waals surface area contributed by atoms with Gasteiger partial charge >= 0.3 is 5.97 Å². The number of carbonyl (C=O) groups excluding carboxylic acids is 4. The number of nitrogens with one attached hydrogen (secondary N) is 1. The second-order valence-corrected chi connectivity index (χ2v) is 17.7. The van der Waals surface area contributed by atoms with Crippen LogP contribution >= 0.6 is 15.9 Å². The maximum absolute atomic E-state index is 15.1. The first-order valence-corrected chi connectivity index (χ1v) is 19.8. The van der Waals surface area contributed by atoms with Crippen molar-refractivity contribution in [3.8, 4) is 0 Å². The molecular formula is C41H60BrN3O7. The standard InChI is InChI=1S/C41H60BrN3O7/c1-9-11-21-30(47)43-27(3)33(28-19-15-14-16-20-28)51-38(50)31-32-36(48)44(23-17-12-13-18-24-46)35(41(32)25-29(42)34(31)52-41)37(49)45(22-10-2)40(7,8)26-39(4,5)6/h9-10,14-16,19-20,27,29,31-35,46H,1-2,11-13,17-18,21-26H2,3-8H3,(H,43,47)/t27-,29?,31-,32+,33-,34-,35-,41+/m1/s1. The molecule has 3 aliphatic rings. The molecule has 1 unspecified atom stereocenters. The molecule has 0 saturated carbocycles. The van der Waals surface area contributed by atoms with Gasteiger partial charge in [-0.1, -0.05) is 92.0 Å². The fraction of sp³-hybridized carbons (Fsp3) is 0.659. The molecule has 0 aromatic heterocycles. The zero-order valence-electron chi connectivity index (χ0n) is 31.9. The number of rotatable bonds is 19. The average molecular weight is 787 g/mol. The minimum Gasteiger partial charge on any atom is -0.455 e. The number of aliphatic hydroxyl groups excluding tert-OH is 1. The van der Waals surface area contributed by atoms with Gasteiger partial charge in [0.1, 0.15) is 17.7 Å². The van der Waals surface area contributed by atoms with Crippen LogP contribution in [0.3, 0.4) is 0 Å². The SMILES string of the molecule is C=CCCC(=O)N[C@H](C)[C@@H](OC(=O)[C@H]1[C@@H]2O[C@@]3(CC2Br)[C@@H]1C(=O)N(CCCCCCO)[C@@H]3C(=O)N(CC=C)C(C)(C)CC(C)(C)C)c1ccccc1. The highest BCUT2D eigenvalue weighted by atomic mass is 79.9. The number of hydrogen-bond acceptors (Lipinski definition) is 7. The molecule has 52 heavy (non-hydrogen) atoms. The Labute approximate surface area is 318 Å². The van der Waals surface area contributed by atoms with Crippen LogP contribution in [0.1, 0.15) is 105 Å². The van der Waals surface area contributed by atoms with Gasteiger partial charge in [-0.2, -0.15) is 0 Å². The van der Waals surface area contributed by atoms with E-state index in [2.05, 4.69) is 55.2 Å². The Bertz CT molecular complexity index is 1450. The lowest BCUT2D eigenvalue weighted by atomic mass is 9.70. The smallest absolute Gasteiger partial charge is 0.313 e. The lowest BCUT2D eigenvalue weighted by molar-refractivity contribution is -0.162. The topological polar surface area (TPSA) is 125 Å². The van der Waals surface area contributed by atoms with Gasteiger partial charge in [0.15, 0.2) is 0 Å². The molecule has 11 heteroatoms. The number of hydrogen-bond donors (Lipinski definition) is 2. The van der Waals surface area contributed by atoms with E-state index in [0.717, 1.165) is 12.8 Å². The normalized spacial score (nSPS) is 26.4. The van der Waals surface area contributed by atoms with Gasteiger partial charge in [-0.25, -0.2) is 0 Å². The number of aliphatic hydroxyl groups is 1. The summed E-state index contributed by atoms with van der Waals surface area (Å²) in [5.41, 5.74) is -1.20. The maximum Gasteiger partial charge on any atom is 0.313 e. The van der Waals surface area contributed by atoms with Crippen molar-refractivity contribution in [2.75, 3.05) is 19.7 Å². The summed E-state index contributed by atoms with van der Waals surface area (Å²) in [5, 5.41) is 12.3. The summed E-state index contributed by atoms with van der Waals surface area (Å²) in [6, 6.07) is 7.73. The quantitative estimate of drug-likeness (QED) is 0.0733. The first kappa shape index (κ1) is 41.7. The van der Waals surface area contributed by atoms with Crippen molar-refractivity contribution in [2.24, 2.45) is 17.3 Å². The molecule has 2 N–H and O–H groups in total. The molecular weight excluding hydrogens is 726 g/mol. The van der Waals surface area contributed by atoms with E-state index < -0.39 is 53.2 Å². The molecule has 3 amide bonds. The molecule has 288 valence electrons. The Kier molecular flexibility index (Phi) is 14.0. The highest BCUT2D eigenvalue weighted by molar-refractivity contribution is 9.09. The summed E-state index contributed by atoms with van der Waals surface area (Å²) in [6.45, 7) is 20.7. The Morgan fingerprint density at radius 3 is 2.40 bits per heavy atom. The average Bonchev–Trinajstić information content (AvgIpc) is 3.66. The molecule has 1 aromatic rings. The van der Waals surface area contributed by atoms with E-state index in [1.807, 2.05) is 49.1 Å². The predicted molar refractivity (Wildman–Crippen MR) is 205 cm³/mol. The number of amides is 3. The van der Waals surface area contributed by atoms with Gasteiger partial charge in [0.25, 0.3) is 0 Å². The number of carbonyl (C=O) groups is 4. The summed E-state index contributed by atoms with van der Waals surface area (Å²) in [6.07, 6.45) is 6.62. The van der Waals surface area contributed by atoms with Crippen molar-refractivity contribution >= 4 is 39.6 Å². The summed E-state index contributed by atoms with van der Waals surface area (Å²) >= 11 is 3.78. The van der Waals surface area contributed by atoms with Crippen LogP contribution in [0, 0.1) is 17.3 Å². The number of esters is 1. The summed E-state index contributed by atoms with van der Waals surface area (Å²) in [4.78, 5) is 60.3. The highest BCUT2D eigenvalue weighted by Gasteiger charge is 2.77. The number of likely N-dealkylation sites (tertiary alicyclic amines) is 1. The molecule has 0 aliphatic carbocycles. The van der Waals surface area contributed by atoms with Gasteiger partial charge in [0.2, 0.25) is 17.7 Å². The Morgan fingerprint density at radius 2 is 1.79 bits per heavy atom. The van der Waals surface area contributed by atoms with Crippen molar-refractivity contribution in [3.63, 3.8) is 0 Å². The van der Waals surface area contributed by atoms with Crippen molar-refractivity contribution < 1.29 is 33.8 Å². The van der Waals surface area contributed by atoms with Crippen molar-refractivity contribution in [2.45, 2.75) is 133 Å². The number of unbranched alkanes of at least 4 members (excludes halogenated alkanes) is 3. The van der Waals surface area contributed by atoms with E-state index in [-0.39, 0.29) is 41.0 Å². The van der Waals surface area contributed by atoms with E-state index in [1.54, 1.807) is 24.0 Å². The maximum atomic E-state index is 15.1. The summed E-state index contributed by atoms with van der Waals surface area (Å²) in [5.74, 6) is -3.16. The fourth-order valence-corrected chi connectivity index (χ4v) is 9.85. The van der Waals surface area contributed by atoms with Gasteiger partial charge in [0.05, 0.1) is 24.0 Å². The number of allylic oxidation sites excluding steroid dienone is 1. The molecule has 3 fully saturated rings. The van der Waals surface area contributed by atoms with E-state index >= 15 is 4.79 Å². The predicted octanol–water partition coefficient (Wildman–Crippen LogP) is 6.27. The molecule has 8 atom stereocenters. The zero-order chi connectivity index (χ0) is 38.4. The largest absolute Gasteiger partial charge is 0.455 e. The summed E-state index contributed by atoms with van der Waals surface area (Å²) in [7, 11) is 0. The number of nitrogens with zero attached hydrogens (tertiary/aromatic N) is 2. The first-order valence-electron chi connectivity index (χ1n) is 18.8. The lowest BCUT2D eigenvalue weighted by Gasteiger charge is -2.45. The first-order chi connectivity index (χ1) is 24.5. The third kappa shape index (κ3) is 9.01. The minimum absolute atomic E-state index is 0.0857. The molecule has 3 heterocycles. The highest BCUT2D eigenvalue weighted by Crippen LogP contribution is 2.61. The third-order valence-electron chi connectivity index (χ3n) is 10.7. The number of halogens is 1. The van der Waals surface area contributed by atoms with Crippen LogP contribution < -0.4 is 5.32 Å². The lowest BCUT2D eigenvalue weighted by Crippen LogP contribution is -2.61. The van der Waals surface area contributed by atoms with Gasteiger partial charge in [0, 0.05) is 36.5 Å². The van der Waals surface area contributed by atoms with Crippen molar-refractivity contribution in [1.82, 2.24) is 15.1 Å². The van der Waals surface area contributed by atoms with Crippen LogP contribution in [-0.2, 0) is 28.7 Å². The van der Waals surface area contributed by atoms with Crippen LogP contribution in [0.5, 0.6) is 0 Å². The van der Waals surface area contributed by atoms with E-state index in [4.69, 9.17) is 9.47 Å². The minimum atomic E-state index is -1.24. The van der Waals surface area contributed by atoms with Crippen molar-refractivity contribution in [3.05, 3.63) is 61.2 Å². The van der Waals surface area contributed by atoms with Gasteiger partial charge in [-0.3, -0.25) is 19.2 Å². The Balaban J connectivity index is 1.72. The van der Waals surface area contributed by atoms with Crippen LogP contribution in [0.2, 0.25) is 0 Å². The number of benzene rings is 1. The van der Waals surface area contributed by atoms with Gasteiger partial charge < -0.3 is 29.7 Å². The van der Waals surface area contributed by atoms with Crippen molar-refractivity contribution in [1.29, 1.82) is 0 Å². The number of fused-ring (bicyclic) bond motifs is 1. The summed E-state index contributed by atoms with van der Waals surface area (Å²) < 4.78 is 13.1. The van der Waals surface area contributed by atoms with Gasteiger partial charge in [-0.15, -0.1) is 13.2 Å². The van der Waals surface area contributed by atoms with Crippen LogP contribution in [0.15, 0.2) is 55.6 Å².